The summed E-state index contributed by atoms with van der Waals surface area (Å²) < 4.78 is 7.58. The van der Waals surface area contributed by atoms with Crippen molar-refractivity contribution in [2.75, 3.05) is 26.2 Å². The summed E-state index contributed by atoms with van der Waals surface area (Å²) in [7, 11) is 1.87. The minimum Gasteiger partial charge on any atom is -0.478 e. The fourth-order valence-corrected chi connectivity index (χ4v) is 7.64. The number of benzene rings is 2. The molecule has 1 aromatic heterocycles. The number of nitrogens with zero attached hydrogens (tertiary/aromatic N) is 3. The third-order valence-electron chi connectivity index (χ3n) is 10.2. The number of rotatable bonds is 6. The summed E-state index contributed by atoms with van der Waals surface area (Å²) >= 11 is 0. The second-order valence-corrected chi connectivity index (χ2v) is 14.5. The predicted octanol–water partition coefficient (Wildman–Crippen LogP) is 6.69. The van der Waals surface area contributed by atoms with Gasteiger partial charge in [0.25, 0.3) is 0 Å². The summed E-state index contributed by atoms with van der Waals surface area (Å²) in [6.07, 6.45) is 5.47. The van der Waals surface area contributed by atoms with E-state index in [1.807, 2.05) is 38.5 Å². The summed E-state index contributed by atoms with van der Waals surface area (Å²) in [4.78, 5) is 44.5. The van der Waals surface area contributed by atoms with Gasteiger partial charge in [-0.3, -0.25) is 4.79 Å². The molecule has 8 nitrogen and oxygen atoms in total. The van der Waals surface area contributed by atoms with Crippen molar-refractivity contribution in [3.63, 3.8) is 0 Å². The smallest absolute Gasteiger partial charge is 0.410 e. The van der Waals surface area contributed by atoms with E-state index < -0.39 is 11.6 Å². The molecule has 244 valence electrons. The Morgan fingerprint density at radius 3 is 2.24 bits per heavy atom. The second-order valence-electron chi connectivity index (χ2n) is 14.5. The molecule has 3 aromatic rings. The fraction of sp³-hybridized carbons (Fsp3) is 0.500. The van der Waals surface area contributed by atoms with Crippen molar-refractivity contribution in [3.8, 4) is 11.3 Å². The third-order valence-corrected chi connectivity index (χ3v) is 10.2. The molecule has 0 radical (unpaired) electrons. The molecule has 46 heavy (non-hydrogen) atoms. The fourth-order valence-electron chi connectivity index (χ4n) is 7.64. The molecule has 1 unspecified atom stereocenters. The lowest BCUT2D eigenvalue weighted by atomic mass is 9.71. The Kier molecular flexibility index (Phi) is 8.85. The molecule has 0 spiro atoms. The molecule has 3 heterocycles. The molecule has 8 heteroatoms. The summed E-state index contributed by atoms with van der Waals surface area (Å²) in [5.41, 5.74) is 6.94. The van der Waals surface area contributed by atoms with Crippen LogP contribution in [0.1, 0.15) is 88.7 Å². The first kappa shape index (κ1) is 32.0. The van der Waals surface area contributed by atoms with Gasteiger partial charge in [-0.15, -0.1) is 0 Å². The van der Waals surface area contributed by atoms with Gasteiger partial charge < -0.3 is 24.2 Å². The Labute approximate surface area is 272 Å². The highest BCUT2D eigenvalue weighted by atomic mass is 16.6. The van der Waals surface area contributed by atoms with Crippen LogP contribution in [0.3, 0.4) is 0 Å². The molecular formula is C38H47N3O5. The van der Waals surface area contributed by atoms with Gasteiger partial charge in [-0.25, -0.2) is 9.59 Å². The normalized spacial score (nSPS) is 20.2. The maximum absolute atomic E-state index is 15.0. The highest BCUT2D eigenvalue weighted by Gasteiger charge is 2.37. The maximum atomic E-state index is 15.0. The van der Waals surface area contributed by atoms with Gasteiger partial charge in [-0.1, -0.05) is 30.7 Å². The van der Waals surface area contributed by atoms with Gasteiger partial charge in [0.1, 0.15) is 5.60 Å². The number of ether oxygens (including phenoxy) is 1. The number of fused-ring (bicyclic) bond motifs is 2. The van der Waals surface area contributed by atoms with E-state index in [1.165, 1.54) is 30.4 Å². The molecule has 1 fully saturated rings. The van der Waals surface area contributed by atoms with Crippen LogP contribution in [0.4, 0.5) is 4.79 Å². The van der Waals surface area contributed by atoms with E-state index in [4.69, 9.17) is 4.74 Å². The number of hydrogen-bond donors (Lipinski definition) is 1. The van der Waals surface area contributed by atoms with Crippen LogP contribution in [0.15, 0.2) is 42.5 Å². The lowest BCUT2D eigenvalue weighted by Gasteiger charge is -2.37. The van der Waals surface area contributed by atoms with Crippen molar-refractivity contribution < 1.29 is 24.2 Å². The molecule has 1 N–H and O–H groups in total. The van der Waals surface area contributed by atoms with Crippen molar-refractivity contribution in [2.45, 2.75) is 78.4 Å². The number of ketones is 1. The maximum Gasteiger partial charge on any atom is 0.410 e. The van der Waals surface area contributed by atoms with Crippen LogP contribution in [0.5, 0.6) is 0 Å². The van der Waals surface area contributed by atoms with Crippen molar-refractivity contribution in [1.29, 1.82) is 0 Å². The van der Waals surface area contributed by atoms with Gasteiger partial charge in [-0.2, -0.15) is 0 Å². The third kappa shape index (κ3) is 6.50. The SMILES string of the molecule is Cc1c(C(=O)O)cc(-c2cc3c(cc2C(=O)C2Cc4ccccc4C[C@H]2CN2CCCCC2)CN(C(=O)OC(C)(C)C)CC3)n1C. The molecule has 1 amide bonds. The molecule has 0 bridgehead atoms. The van der Waals surface area contributed by atoms with Gasteiger partial charge in [0.15, 0.2) is 5.78 Å². The largest absolute Gasteiger partial charge is 0.478 e. The average molecular weight is 626 g/mol. The van der Waals surface area contributed by atoms with Crippen LogP contribution >= 0.6 is 0 Å². The van der Waals surface area contributed by atoms with Crippen LogP contribution in [0, 0.1) is 18.8 Å². The number of aromatic carboxylic acids is 1. The topological polar surface area (TPSA) is 92.1 Å². The standard InChI is InChI=1S/C38H47N3O5/c1-24-30(36(43)44)21-34(39(24)5)32-19-27-13-16-41(37(45)46-38(2,3)4)23-28(27)20-33(32)35(42)31-18-26-12-8-7-11-25(26)17-29(31)22-40-14-9-6-10-15-40/h7-8,11-12,19-21,29,31H,6,9-10,13-18,22-23H2,1-5H3,(H,43,44)/t29-,31?/m0/s1. The summed E-state index contributed by atoms with van der Waals surface area (Å²) in [5.74, 6) is -0.921. The number of hydrogen-bond acceptors (Lipinski definition) is 5. The van der Waals surface area contributed by atoms with Gasteiger partial charge in [0.05, 0.1) is 5.56 Å². The molecule has 1 saturated heterocycles. The van der Waals surface area contributed by atoms with Crippen LogP contribution in [0.25, 0.3) is 11.3 Å². The zero-order valence-corrected chi connectivity index (χ0v) is 27.9. The number of amides is 1. The van der Waals surface area contributed by atoms with Crippen molar-refractivity contribution in [3.05, 3.63) is 81.5 Å². The Balaban J connectivity index is 1.43. The molecule has 2 atom stereocenters. The summed E-state index contributed by atoms with van der Waals surface area (Å²) in [5, 5.41) is 9.94. The van der Waals surface area contributed by atoms with E-state index in [1.54, 1.807) is 17.9 Å². The molecule has 2 aromatic carbocycles. The Morgan fingerprint density at radius 2 is 1.59 bits per heavy atom. The number of carboxylic acids is 1. The lowest BCUT2D eigenvalue weighted by Crippen LogP contribution is -2.42. The summed E-state index contributed by atoms with van der Waals surface area (Å²) in [6, 6.07) is 14.3. The first-order valence-corrected chi connectivity index (χ1v) is 16.8. The number of Topliss-reactive ketones (excluding diaryl/α,β-unsaturated/α-hetero) is 1. The van der Waals surface area contributed by atoms with E-state index >= 15 is 4.79 Å². The van der Waals surface area contributed by atoms with Crippen LogP contribution in [0.2, 0.25) is 0 Å². The molecule has 0 saturated carbocycles. The number of aromatic nitrogens is 1. The number of likely N-dealkylation sites (tertiary alicyclic amines) is 1. The Bertz CT molecular complexity index is 1660. The zero-order valence-electron chi connectivity index (χ0n) is 27.9. The highest BCUT2D eigenvalue weighted by Crippen LogP contribution is 2.39. The van der Waals surface area contributed by atoms with E-state index in [2.05, 4.69) is 35.2 Å². The number of carbonyl (C=O) groups is 3. The molecule has 3 aliphatic rings. The summed E-state index contributed by atoms with van der Waals surface area (Å²) in [6.45, 7) is 11.3. The highest BCUT2D eigenvalue weighted by molar-refractivity contribution is 6.05. The molecule has 6 rings (SSSR count). The van der Waals surface area contributed by atoms with Crippen LogP contribution in [-0.4, -0.2) is 69.1 Å². The minimum absolute atomic E-state index is 0.0967. The van der Waals surface area contributed by atoms with E-state index in [9.17, 15) is 14.7 Å². The number of carbonyl (C=O) groups excluding carboxylic acids is 2. The van der Waals surface area contributed by atoms with Crippen LogP contribution in [-0.2, 0) is 37.6 Å². The van der Waals surface area contributed by atoms with Crippen molar-refractivity contribution in [2.24, 2.45) is 18.9 Å². The first-order valence-electron chi connectivity index (χ1n) is 16.8. The van der Waals surface area contributed by atoms with Gasteiger partial charge in [0.2, 0.25) is 0 Å². The predicted molar refractivity (Wildman–Crippen MR) is 178 cm³/mol. The van der Waals surface area contributed by atoms with Crippen molar-refractivity contribution in [1.82, 2.24) is 14.4 Å². The Hall–Kier alpha value is -3.91. The van der Waals surface area contributed by atoms with Gasteiger partial charge in [0, 0.05) is 55.1 Å². The quantitative estimate of drug-likeness (QED) is 0.307. The molecule has 2 aliphatic heterocycles. The van der Waals surface area contributed by atoms with E-state index in [-0.39, 0.29) is 29.3 Å². The second kappa shape index (κ2) is 12.7. The van der Waals surface area contributed by atoms with E-state index in [0.29, 0.717) is 37.2 Å². The minimum atomic E-state index is -0.983. The average Bonchev–Trinajstić information content (AvgIpc) is 3.32. The number of piperidine rings is 1. The lowest BCUT2D eigenvalue weighted by molar-refractivity contribution is 0.0223. The van der Waals surface area contributed by atoms with Gasteiger partial charge >= 0.3 is 12.1 Å². The van der Waals surface area contributed by atoms with Crippen LogP contribution < -0.4 is 0 Å². The zero-order chi connectivity index (χ0) is 32.7. The molecule has 1 aliphatic carbocycles. The first-order chi connectivity index (χ1) is 21.9. The van der Waals surface area contributed by atoms with E-state index in [0.717, 1.165) is 48.4 Å². The monoisotopic (exact) mass is 625 g/mol. The van der Waals surface area contributed by atoms with Gasteiger partial charge in [-0.05, 0) is 119 Å². The number of carboxylic acid groups (broad SMARTS) is 1. The Morgan fingerprint density at radius 1 is 0.891 bits per heavy atom. The molecular weight excluding hydrogens is 578 g/mol. The van der Waals surface area contributed by atoms with Crippen molar-refractivity contribution >= 4 is 17.8 Å².